The van der Waals surface area contributed by atoms with E-state index in [0.29, 0.717) is 23.7 Å². The van der Waals surface area contributed by atoms with Gasteiger partial charge in [-0.15, -0.1) is 0 Å². The van der Waals surface area contributed by atoms with Crippen molar-refractivity contribution in [1.82, 2.24) is 0 Å². The molecule has 1 aromatic heterocycles. The van der Waals surface area contributed by atoms with E-state index in [-0.39, 0.29) is 0 Å². The van der Waals surface area contributed by atoms with Crippen molar-refractivity contribution < 1.29 is 18.6 Å². The molecule has 1 heterocycles. The third-order valence-electron chi connectivity index (χ3n) is 2.65. The van der Waals surface area contributed by atoms with Gasteiger partial charge in [-0.25, -0.2) is 0 Å². The summed E-state index contributed by atoms with van der Waals surface area (Å²) in [4.78, 5) is 0. The fourth-order valence-corrected chi connectivity index (χ4v) is 1.88. The number of ether oxygens (including phenoxy) is 3. The van der Waals surface area contributed by atoms with Gasteiger partial charge in [-0.3, -0.25) is 0 Å². The minimum atomic E-state index is 0.550. The maximum atomic E-state index is 5.41. The van der Waals surface area contributed by atoms with Crippen LogP contribution in [0.1, 0.15) is 5.56 Å². The molecule has 0 aliphatic carbocycles. The number of rotatable bonds is 5. The van der Waals surface area contributed by atoms with Gasteiger partial charge < -0.3 is 18.6 Å². The van der Waals surface area contributed by atoms with Crippen LogP contribution >= 0.6 is 0 Å². The van der Waals surface area contributed by atoms with Gasteiger partial charge in [0.15, 0.2) is 11.3 Å². The lowest BCUT2D eigenvalue weighted by Crippen LogP contribution is -1.94. The highest BCUT2D eigenvalue weighted by molar-refractivity contribution is 5.89. The van der Waals surface area contributed by atoms with E-state index >= 15 is 0 Å². The zero-order valence-corrected chi connectivity index (χ0v) is 10.7. The average molecular weight is 248 g/mol. The fourth-order valence-electron chi connectivity index (χ4n) is 1.88. The summed E-state index contributed by atoms with van der Waals surface area (Å²) in [6, 6.07) is 3.89. The molecule has 0 radical (unpaired) electrons. The second-order valence-corrected chi connectivity index (χ2v) is 3.73. The molecular formula is C14H16O4. The maximum Gasteiger partial charge on any atom is 0.205 e. The second kappa shape index (κ2) is 5.60. The highest BCUT2D eigenvalue weighted by Gasteiger charge is 2.15. The zero-order valence-electron chi connectivity index (χ0n) is 10.7. The van der Waals surface area contributed by atoms with Gasteiger partial charge in [-0.1, -0.05) is 12.2 Å². The molecule has 0 atom stereocenters. The van der Waals surface area contributed by atoms with Gasteiger partial charge in [0.2, 0.25) is 5.75 Å². The molecule has 0 N–H and O–H groups in total. The Kier molecular flexibility index (Phi) is 3.89. The lowest BCUT2D eigenvalue weighted by atomic mass is 10.1. The fraction of sp³-hybridized carbons (Fsp3) is 0.286. The first-order valence-corrected chi connectivity index (χ1v) is 5.59. The third kappa shape index (κ3) is 2.19. The van der Waals surface area contributed by atoms with E-state index in [1.165, 1.54) is 0 Å². The van der Waals surface area contributed by atoms with Crippen LogP contribution in [0.2, 0.25) is 0 Å². The molecule has 0 spiro atoms. The minimum Gasteiger partial charge on any atom is -0.492 e. The van der Waals surface area contributed by atoms with Crippen molar-refractivity contribution in [2.75, 3.05) is 27.9 Å². The first-order chi connectivity index (χ1) is 8.81. The van der Waals surface area contributed by atoms with Crippen molar-refractivity contribution in [2.45, 2.75) is 0 Å². The Morgan fingerprint density at radius 2 is 1.94 bits per heavy atom. The van der Waals surface area contributed by atoms with E-state index in [4.69, 9.17) is 18.6 Å². The van der Waals surface area contributed by atoms with Gasteiger partial charge in [-0.2, -0.15) is 0 Å². The van der Waals surface area contributed by atoms with E-state index in [1.54, 1.807) is 27.6 Å². The second-order valence-electron chi connectivity index (χ2n) is 3.73. The summed E-state index contributed by atoms with van der Waals surface area (Å²) in [6.45, 7) is 0.550. The molecule has 4 nitrogen and oxygen atoms in total. The minimum absolute atomic E-state index is 0.550. The van der Waals surface area contributed by atoms with Crippen molar-refractivity contribution >= 4 is 17.0 Å². The molecule has 0 fully saturated rings. The predicted molar refractivity (Wildman–Crippen MR) is 70.2 cm³/mol. The molecule has 2 rings (SSSR count). The van der Waals surface area contributed by atoms with Crippen LogP contribution < -0.4 is 9.47 Å². The summed E-state index contributed by atoms with van der Waals surface area (Å²) < 4.78 is 21.2. The lowest BCUT2D eigenvalue weighted by Gasteiger charge is -2.11. The number of furan rings is 1. The quantitative estimate of drug-likeness (QED) is 0.815. The standard InChI is InChI=1S/C14H16O4/c1-15-7-4-5-10-9-11-6-8-18-13(11)14(17-3)12(10)16-2/h4-6,8-9H,7H2,1-3H3/b5-4-. The number of methoxy groups -OCH3 is 3. The predicted octanol–water partition coefficient (Wildman–Crippen LogP) is 3.11. The number of fused-ring (bicyclic) bond motifs is 1. The Labute approximate surface area is 106 Å². The van der Waals surface area contributed by atoms with Crippen molar-refractivity contribution in [3.05, 3.63) is 30.0 Å². The first-order valence-electron chi connectivity index (χ1n) is 5.59. The van der Waals surface area contributed by atoms with E-state index in [2.05, 4.69) is 0 Å². The van der Waals surface area contributed by atoms with Crippen molar-refractivity contribution in [3.63, 3.8) is 0 Å². The van der Waals surface area contributed by atoms with Crippen molar-refractivity contribution in [2.24, 2.45) is 0 Å². The number of hydrogen-bond donors (Lipinski definition) is 0. The number of hydrogen-bond acceptors (Lipinski definition) is 4. The molecule has 0 saturated heterocycles. The number of benzene rings is 1. The Morgan fingerprint density at radius 3 is 2.61 bits per heavy atom. The van der Waals surface area contributed by atoms with Gasteiger partial charge in [0, 0.05) is 18.1 Å². The molecule has 4 heteroatoms. The van der Waals surface area contributed by atoms with E-state index in [0.717, 1.165) is 10.9 Å². The average Bonchev–Trinajstić information content (AvgIpc) is 2.85. The van der Waals surface area contributed by atoms with Crippen LogP contribution in [-0.2, 0) is 4.74 Å². The molecule has 0 unspecified atom stereocenters. The van der Waals surface area contributed by atoms with Crippen LogP contribution in [0.15, 0.2) is 28.9 Å². The molecule has 0 bridgehead atoms. The first kappa shape index (κ1) is 12.5. The molecule has 1 aromatic carbocycles. The van der Waals surface area contributed by atoms with E-state index in [9.17, 15) is 0 Å². The summed E-state index contributed by atoms with van der Waals surface area (Å²) in [5, 5.41) is 0.977. The molecule has 0 aliphatic heterocycles. The van der Waals surface area contributed by atoms with Crippen LogP contribution in [0.25, 0.3) is 17.0 Å². The summed E-state index contributed by atoms with van der Waals surface area (Å²) in [6.07, 6.45) is 5.50. The molecule has 0 aliphatic rings. The molecule has 0 amide bonds. The summed E-state index contributed by atoms with van der Waals surface area (Å²) in [7, 11) is 4.87. The zero-order chi connectivity index (χ0) is 13.0. The van der Waals surface area contributed by atoms with Crippen LogP contribution in [0.4, 0.5) is 0 Å². The summed E-state index contributed by atoms with van der Waals surface area (Å²) >= 11 is 0. The van der Waals surface area contributed by atoms with Gasteiger partial charge in [0.25, 0.3) is 0 Å². The molecule has 18 heavy (non-hydrogen) atoms. The van der Waals surface area contributed by atoms with Crippen LogP contribution in [0.3, 0.4) is 0 Å². The highest BCUT2D eigenvalue weighted by Crippen LogP contribution is 2.39. The monoisotopic (exact) mass is 248 g/mol. The Bertz CT molecular complexity index is 554. The molecule has 2 aromatic rings. The van der Waals surface area contributed by atoms with Crippen LogP contribution in [-0.4, -0.2) is 27.9 Å². The normalized spacial score (nSPS) is 11.3. The highest BCUT2D eigenvalue weighted by atomic mass is 16.5. The Hall–Kier alpha value is -1.94. The topological polar surface area (TPSA) is 40.8 Å². The smallest absolute Gasteiger partial charge is 0.205 e. The molecular weight excluding hydrogens is 232 g/mol. The van der Waals surface area contributed by atoms with Gasteiger partial charge >= 0.3 is 0 Å². The van der Waals surface area contributed by atoms with Gasteiger partial charge in [0.05, 0.1) is 27.1 Å². The lowest BCUT2D eigenvalue weighted by molar-refractivity contribution is 0.234. The SMILES string of the molecule is COC/C=C\c1cc2ccoc2c(OC)c1OC. The summed E-state index contributed by atoms with van der Waals surface area (Å²) in [5.74, 6) is 1.27. The molecule has 96 valence electrons. The van der Waals surface area contributed by atoms with Crippen LogP contribution in [0.5, 0.6) is 11.5 Å². The maximum absolute atomic E-state index is 5.41. The Morgan fingerprint density at radius 1 is 1.17 bits per heavy atom. The largest absolute Gasteiger partial charge is 0.492 e. The van der Waals surface area contributed by atoms with Gasteiger partial charge in [0.1, 0.15) is 0 Å². The van der Waals surface area contributed by atoms with Crippen molar-refractivity contribution in [1.29, 1.82) is 0 Å². The van der Waals surface area contributed by atoms with Crippen LogP contribution in [0, 0.1) is 0 Å². The van der Waals surface area contributed by atoms with Crippen molar-refractivity contribution in [3.8, 4) is 11.5 Å². The third-order valence-corrected chi connectivity index (χ3v) is 2.65. The summed E-state index contributed by atoms with van der Waals surface area (Å²) in [5.41, 5.74) is 1.62. The van der Waals surface area contributed by atoms with E-state index < -0.39 is 0 Å². The van der Waals surface area contributed by atoms with Gasteiger partial charge in [-0.05, 0) is 12.1 Å². The van der Waals surface area contributed by atoms with E-state index in [1.807, 2.05) is 24.3 Å². The Balaban J connectivity index is 2.56. The molecule has 0 saturated carbocycles.